The Morgan fingerprint density at radius 2 is 2.00 bits per heavy atom. The molecule has 0 aliphatic carbocycles. The maximum atomic E-state index is 4.12. The minimum atomic E-state index is 0.556. The van der Waals surface area contributed by atoms with E-state index in [0.29, 0.717) is 5.92 Å². The van der Waals surface area contributed by atoms with Gasteiger partial charge in [-0.25, -0.2) is 0 Å². The Kier molecular flexibility index (Phi) is 2.66. The van der Waals surface area contributed by atoms with E-state index in [1.54, 1.807) is 0 Å². The second-order valence-corrected chi connectivity index (χ2v) is 3.84. The van der Waals surface area contributed by atoms with E-state index in [0.717, 1.165) is 4.47 Å². The predicted octanol–water partition coefficient (Wildman–Crippen LogP) is 3.28. The maximum Gasteiger partial charge on any atom is 0.0413 e. The highest BCUT2D eigenvalue weighted by molar-refractivity contribution is 9.10. The van der Waals surface area contributed by atoms with Crippen LogP contribution in [-0.2, 0) is 0 Å². The third-order valence-corrected chi connectivity index (χ3v) is 2.61. The molecule has 0 spiro atoms. The van der Waals surface area contributed by atoms with Crippen molar-refractivity contribution in [1.29, 1.82) is 0 Å². The van der Waals surface area contributed by atoms with Crippen molar-refractivity contribution in [2.75, 3.05) is 0 Å². The van der Waals surface area contributed by atoms with Crippen LogP contribution in [0.2, 0.25) is 0 Å². The van der Waals surface area contributed by atoms with Crippen molar-refractivity contribution < 1.29 is 0 Å². The van der Waals surface area contributed by atoms with E-state index in [-0.39, 0.29) is 0 Å². The molecule has 0 amide bonds. The lowest BCUT2D eigenvalue weighted by molar-refractivity contribution is 0.845. The van der Waals surface area contributed by atoms with E-state index >= 15 is 0 Å². The maximum absolute atomic E-state index is 4.12. The Balaban J connectivity index is 3.17. The lowest BCUT2D eigenvalue weighted by Crippen LogP contribution is -1.93. The van der Waals surface area contributed by atoms with Crippen LogP contribution in [0.5, 0.6) is 0 Å². The Labute approximate surface area is 76.0 Å². The second-order valence-electron chi connectivity index (χ2n) is 2.99. The van der Waals surface area contributed by atoms with Gasteiger partial charge >= 0.3 is 0 Å². The van der Waals surface area contributed by atoms with Crippen molar-refractivity contribution in [2.45, 2.75) is 26.7 Å². The molecule has 0 aliphatic heterocycles. The Hall–Kier alpha value is -0.370. The first kappa shape index (κ1) is 8.72. The van der Waals surface area contributed by atoms with Crippen molar-refractivity contribution in [2.24, 2.45) is 0 Å². The van der Waals surface area contributed by atoms with Crippen LogP contribution in [-0.4, -0.2) is 4.98 Å². The van der Waals surface area contributed by atoms with Gasteiger partial charge in [0.2, 0.25) is 0 Å². The summed E-state index contributed by atoms with van der Waals surface area (Å²) in [7, 11) is 0. The van der Waals surface area contributed by atoms with Gasteiger partial charge < -0.3 is 0 Å². The van der Waals surface area contributed by atoms with Gasteiger partial charge in [0.25, 0.3) is 0 Å². The number of nitrogens with zero attached hydrogens (tertiary/aromatic N) is 1. The molecule has 0 unspecified atom stereocenters. The highest BCUT2D eigenvalue weighted by atomic mass is 79.9. The Bertz CT molecular complexity index is 256. The standard InChI is InChI=1S/C9H12BrN/c1-6(2)8-4-11-5-9(10)7(8)3/h4-6H,1-3H3. The van der Waals surface area contributed by atoms with Crippen LogP contribution in [0.3, 0.4) is 0 Å². The predicted molar refractivity (Wildman–Crippen MR) is 50.8 cm³/mol. The summed E-state index contributed by atoms with van der Waals surface area (Å²) in [6.07, 6.45) is 3.77. The molecule has 1 rings (SSSR count). The van der Waals surface area contributed by atoms with Crippen LogP contribution in [0.4, 0.5) is 0 Å². The van der Waals surface area contributed by atoms with Crippen molar-refractivity contribution in [3.05, 3.63) is 28.0 Å². The lowest BCUT2D eigenvalue weighted by atomic mass is 10.0. The molecule has 1 aromatic rings. The fourth-order valence-corrected chi connectivity index (χ4v) is 1.44. The Morgan fingerprint density at radius 3 is 2.45 bits per heavy atom. The molecule has 0 aliphatic rings. The van der Waals surface area contributed by atoms with Gasteiger partial charge in [0.1, 0.15) is 0 Å². The van der Waals surface area contributed by atoms with Crippen LogP contribution >= 0.6 is 15.9 Å². The third-order valence-electron chi connectivity index (χ3n) is 1.81. The quantitative estimate of drug-likeness (QED) is 0.699. The van der Waals surface area contributed by atoms with Crippen molar-refractivity contribution in [1.82, 2.24) is 4.98 Å². The number of pyridine rings is 1. The Morgan fingerprint density at radius 1 is 1.36 bits per heavy atom. The first-order chi connectivity index (χ1) is 5.13. The van der Waals surface area contributed by atoms with Crippen LogP contribution in [0.25, 0.3) is 0 Å². The zero-order chi connectivity index (χ0) is 8.43. The molecule has 0 N–H and O–H groups in total. The normalized spacial score (nSPS) is 10.6. The zero-order valence-electron chi connectivity index (χ0n) is 7.06. The molecule has 0 fully saturated rings. The first-order valence-corrected chi connectivity index (χ1v) is 4.52. The van der Waals surface area contributed by atoms with Crippen LogP contribution in [0.1, 0.15) is 30.9 Å². The minimum Gasteiger partial charge on any atom is -0.263 e. The van der Waals surface area contributed by atoms with E-state index in [1.807, 2.05) is 12.4 Å². The zero-order valence-corrected chi connectivity index (χ0v) is 8.64. The van der Waals surface area contributed by atoms with Gasteiger partial charge in [0.15, 0.2) is 0 Å². The van der Waals surface area contributed by atoms with Gasteiger partial charge in [0.05, 0.1) is 0 Å². The van der Waals surface area contributed by atoms with Gasteiger partial charge in [0, 0.05) is 16.9 Å². The summed E-state index contributed by atoms with van der Waals surface area (Å²) in [5.74, 6) is 0.556. The number of hydrogen-bond acceptors (Lipinski definition) is 1. The monoisotopic (exact) mass is 213 g/mol. The SMILES string of the molecule is Cc1c(Br)cncc1C(C)C. The van der Waals surface area contributed by atoms with Crippen molar-refractivity contribution >= 4 is 15.9 Å². The van der Waals surface area contributed by atoms with E-state index in [1.165, 1.54) is 11.1 Å². The highest BCUT2D eigenvalue weighted by Gasteiger charge is 2.05. The van der Waals surface area contributed by atoms with Crippen LogP contribution in [0, 0.1) is 6.92 Å². The van der Waals surface area contributed by atoms with E-state index in [2.05, 4.69) is 41.7 Å². The largest absolute Gasteiger partial charge is 0.263 e. The molecular weight excluding hydrogens is 202 g/mol. The summed E-state index contributed by atoms with van der Waals surface area (Å²) in [4.78, 5) is 4.12. The van der Waals surface area contributed by atoms with Gasteiger partial charge in [-0.2, -0.15) is 0 Å². The first-order valence-electron chi connectivity index (χ1n) is 3.73. The van der Waals surface area contributed by atoms with Gasteiger partial charge in [-0.05, 0) is 39.9 Å². The molecule has 0 saturated heterocycles. The lowest BCUT2D eigenvalue weighted by Gasteiger charge is -2.09. The van der Waals surface area contributed by atoms with E-state index in [9.17, 15) is 0 Å². The summed E-state index contributed by atoms with van der Waals surface area (Å²) in [5, 5.41) is 0. The molecule has 0 saturated carbocycles. The summed E-state index contributed by atoms with van der Waals surface area (Å²) in [6.45, 7) is 6.47. The number of hydrogen-bond donors (Lipinski definition) is 0. The molecular formula is C9H12BrN. The smallest absolute Gasteiger partial charge is 0.0413 e. The van der Waals surface area contributed by atoms with Crippen molar-refractivity contribution in [3.8, 4) is 0 Å². The fraction of sp³-hybridized carbons (Fsp3) is 0.444. The number of halogens is 1. The molecule has 2 heteroatoms. The molecule has 0 aromatic carbocycles. The number of aromatic nitrogens is 1. The fourth-order valence-electron chi connectivity index (χ4n) is 1.10. The highest BCUT2D eigenvalue weighted by Crippen LogP contribution is 2.23. The second kappa shape index (κ2) is 3.35. The summed E-state index contributed by atoms with van der Waals surface area (Å²) >= 11 is 3.45. The van der Waals surface area contributed by atoms with E-state index < -0.39 is 0 Å². The molecule has 0 bridgehead atoms. The molecule has 1 aromatic heterocycles. The van der Waals surface area contributed by atoms with E-state index in [4.69, 9.17) is 0 Å². The van der Waals surface area contributed by atoms with Crippen molar-refractivity contribution in [3.63, 3.8) is 0 Å². The molecule has 1 nitrogen and oxygen atoms in total. The van der Waals surface area contributed by atoms with Crippen LogP contribution < -0.4 is 0 Å². The molecule has 11 heavy (non-hydrogen) atoms. The van der Waals surface area contributed by atoms with Crippen LogP contribution in [0.15, 0.2) is 16.9 Å². The molecule has 1 heterocycles. The van der Waals surface area contributed by atoms with Gasteiger partial charge in [-0.3, -0.25) is 4.98 Å². The minimum absolute atomic E-state index is 0.556. The summed E-state index contributed by atoms with van der Waals surface area (Å²) in [6, 6.07) is 0. The third kappa shape index (κ3) is 1.80. The molecule has 0 atom stereocenters. The molecule has 60 valence electrons. The summed E-state index contributed by atoms with van der Waals surface area (Å²) < 4.78 is 1.10. The van der Waals surface area contributed by atoms with Gasteiger partial charge in [-0.1, -0.05) is 13.8 Å². The molecule has 0 radical (unpaired) electrons. The van der Waals surface area contributed by atoms with Gasteiger partial charge in [-0.15, -0.1) is 0 Å². The average Bonchev–Trinajstić information content (AvgIpc) is 1.94. The summed E-state index contributed by atoms with van der Waals surface area (Å²) in [5.41, 5.74) is 2.62. The topological polar surface area (TPSA) is 12.9 Å². The number of rotatable bonds is 1. The average molecular weight is 214 g/mol.